The van der Waals surface area contributed by atoms with Gasteiger partial charge in [0.15, 0.2) is 11.6 Å². The summed E-state index contributed by atoms with van der Waals surface area (Å²) >= 11 is 0. The first-order chi connectivity index (χ1) is 15.6. The zero-order valence-electron chi connectivity index (χ0n) is 20.2. The second-order valence-electron chi connectivity index (χ2n) is 11.8. The van der Waals surface area contributed by atoms with E-state index < -0.39 is 5.92 Å². The van der Waals surface area contributed by atoms with Crippen molar-refractivity contribution in [3.05, 3.63) is 52.4 Å². The van der Waals surface area contributed by atoms with Gasteiger partial charge in [0.25, 0.3) is 0 Å². The standard InChI is InChI=1S/C28H35NO4/c1-27(2)12-19-25(22(31)14-27)24(18-9-5-6-10-21(18)30)26-20(13-28(3,4)15-23(26)32)29(19)16-17-8-7-11-33-17/h5-6,9-10,17,24,30H,7-8,11-16H2,1-4H3/t17-/m1/s1. The molecule has 4 aliphatic rings. The highest BCUT2D eigenvalue weighted by molar-refractivity contribution is 6.07. The Kier molecular flexibility index (Phi) is 5.32. The molecular weight excluding hydrogens is 414 g/mol. The molecule has 5 nitrogen and oxygen atoms in total. The van der Waals surface area contributed by atoms with Crippen molar-refractivity contribution in [1.82, 2.24) is 4.90 Å². The van der Waals surface area contributed by atoms with E-state index in [0.29, 0.717) is 36.1 Å². The van der Waals surface area contributed by atoms with Gasteiger partial charge in [0.1, 0.15) is 5.75 Å². The molecule has 176 valence electrons. The van der Waals surface area contributed by atoms with Crippen LogP contribution in [-0.4, -0.2) is 40.8 Å². The van der Waals surface area contributed by atoms with Crippen LogP contribution in [0.2, 0.25) is 0 Å². The normalized spacial score (nSPS) is 27.2. The van der Waals surface area contributed by atoms with Gasteiger partial charge in [-0.2, -0.15) is 0 Å². The van der Waals surface area contributed by atoms with Crippen molar-refractivity contribution < 1.29 is 19.4 Å². The van der Waals surface area contributed by atoms with Crippen molar-refractivity contribution in [3.8, 4) is 5.75 Å². The average molecular weight is 450 g/mol. The van der Waals surface area contributed by atoms with Gasteiger partial charge in [-0.25, -0.2) is 0 Å². The monoisotopic (exact) mass is 449 g/mol. The van der Waals surface area contributed by atoms with E-state index in [-0.39, 0.29) is 34.2 Å². The fourth-order valence-corrected chi connectivity index (χ4v) is 6.30. The van der Waals surface area contributed by atoms with Gasteiger partial charge in [-0.15, -0.1) is 0 Å². The fourth-order valence-electron chi connectivity index (χ4n) is 6.30. The molecule has 0 radical (unpaired) electrons. The lowest BCUT2D eigenvalue weighted by molar-refractivity contribution is -0.119. The molecule has 1 fully saturated rings. The topological polar surface area (TPSA) is 66.8 Å². The molecule has 0 spiro atoms. The van der Waals surface area contributed by atoms with Gasteiger partial charge in [0.2, 0.25) is 0 Å². The van der Waals surface area contributed by atoms with E-state index in [1.165, 1.54) is 0 Å². The number of nitrogens with zero attached hydrogens (tertiary/aromatic N) is 1. The number of allylic oxidation sites excluding steroid dienone is 4. The van der Waals surface area contributed by atoms with Crippen LogP contribution >= 0.6 is 0 Å². The maximum atomic E-state index is 13.7. The van der Waals surface area contributed by atoms with Crippen LogP contribution in [0.25, 0.3) is 0 Å². The molecular formula is C28H35NO4. The van der Waals surface area contributed by atoms with Gasteiger partial charge in [0.05, 0.1) is 6.10 Å². The lowest BCUT2D eigenvalue weighted by atomic mass is 9.63. The smallest absolute Gasteiger partial charge is 0.162 e. The SMILES string of the molecule is CC1(C)CC(=O)C2=C(C1)N(C[C@H]1CCCO1)C1=C(C(=O)CC(C)(C)C1)C2c1ccccc1O. The molecule has 0 saturated carbocycles. The Morgan fingerprint density at radius 2 is 1.52 bits per heavy atom. The van der Waals surface area contributed by atoms with Crippen LogP contribution in [0.4, 0.5) is 0 Å². The predicted octanol–water partition coefficient (Wildman–Crippen LogP) is 5.26. The molecule has 1 aromatic carbocycles. The van der Waals surface area contributed by atoms with E-state index in [2.05, 4.69) is 32.6 Å². The Labute approximate surface area is 196 Å². The van der Waals surface area contributed by atoms with Crippen molar-refractivity contribution >= 4 is 11.6 Å². The molecule has 2 aliphatic heterocycles. The van der Waals surface area contributed by atoms with Crippen LogP contribution < -0.4 is 0 Å². The summed E-state index contributed by atoms with van der Waals surface area (Å²) in [7, 11) is 0. The first-order valence-corrected chi connectivity index (χ1v) is 12.3. The number of carbonyl (C=O) groups excluding carboxylic acids is 2. The highest BCUT2D eigenvalue weighted by Crippen LogP contribution is 2.55. The minimum absolute atomic E-state index is 0.0935. The number of ketones is 2. The minimum atomic E-state index is -0.496. The molecule has 1 N–H and O–H groups in total. The number of hydrogen-bond donors (Lipinski definition) is 1. The number of rotatable bonds is 3. The molecule has 0 amide bonds. The highest BCUT2D eigenvalue weighted by Gasteiger charge is 2.49. The number of benzene rings is 1. The van der Waals surface area contributed by atoms with E-state index >= 15 is 0 Å². The molecule has 0 unspecified atom stereocenters. The molecule has 0 bridgehead atoms. The van der Waals surface area contributed by atoms with Gasteiger partial charge in [-0.3, -0.25) is 9.59 Å². The van der Waals surface area contributed by atoms with Crippen LogP contribution in [-0.2, 0) is 14.3 Å². The summed E-state index contributed by atoms with van der Waals surface area (Å²) < 4.78 is 6.01. The Morgan fingerprint density at radius 1 is 0.939 bits per heavy atom. The van der Waals surface area contributed by atoms with E-state index in [1.54, 1.807) is 12.1 Å². The van der Waals surface area contributed by atoms with Crippen molar-refractivity contribution in [2.24, 2.45) is 10.8 Å². The first-order valence-electron chi connectivity index (χ1n) is 12.3. The van der Waals surface area contributed by atoms with Gasteiger partial charge in [-0.1, -0.05) is 45.9 Å². The molecule has 1 atom stereocenters. The number of carbonyl (C=O) groups is 2. The van der Waals surface area contributed by atoms with E-state index in [1.807, 2.05) is 12.1 Å². The zero-order chi connectivity index (χ0) is 23.5. The highest BCUT2D eigenvalue weighted by atomic mass is 16.5. The summed E-state index contributed by atoms with van der Waals surface area (Å²) in [5.41, 5.74) is 3.84. The molecule has 33 heavy (non-hydrogen) atoms. The van der Waals surface area contributed by atoms with Gasteiger partial charge in [0, 0.05) is 60.0 Å². The third kappa shape index (κ3) is 3.95. The van der Waals surface area contributed by atoms with Gasteiger partial charge >= 0.3 is 0 Å². The summed E-state index contributed by atoms with van der Waals surface area (Å²) in [6.07, 6.45) is 4.60. The Morgan fingerprint density at radius 3 is 2.03 bits per heavy atom. The van der Waals surface area contributed by atoms with E-state index in [9.17, 15) is 14.7 Å². The molecule has 1 saturated heterocycles. The van der Waals surface area contributed by atoms with Crippen LogP contribution in [0.5, 0.6) is 5.75 Å². The Bertz CT molecular complexity index is 1020. The lowest BCUT2D eigenvalue weighted by Gasteiger charge is -2.49. The molecule has 1 aromatic rings. The number of para-hydroxylation sites is 1. The van der Waals surface area contributed by atoms with Gasteiger partial charge in [-0.05, 0) is 42.6 Å². The quantitative estimate of drug-likeness (QED) is 0.682. The maximum absolute atomic E-state index is 13.7. The third-order valence-corrected chi connectivity index (χ3v) is 7.68. The van der Waals surface area contributed by atoms with Crippen molar-refractivity contribution in [2.75, 3.05) is 13.2 Å². The second-order valence-corrected chi connectivity index (χ2v) is 11.8. The Hall–Kier alpha value is -2.40. The van der Waals surface area contributed by atoms with Crippen LogP contribution in [0.3, 0.4) is 0 Å². The Balaban J connectivity index is 1.75. The summed E-state index contributed by atoms with van der Waals surface area (Å²) in [6, 6.07) is 7.18. The van der Waals surface area contributed by atoms with Crippen molar-refractivity contribution in [3.63, 3.8) is 0 Å². The molecule has 0 aromatic heterocycles. The zero-order valence-corrected chi connectivity index (χ0v) is 20.2. The van der Waals surface area contributed by atoms with Crippen molar-refractivity contribution in [2.45, 2.75) is 78.2 Å². The largest absolute Gasteiger partial charge is 0.508 e. The number of hydrogen-bond acceptors (Lipinski definition) is 5. The first kappa shape index (κ1) is 22.4. The van der Waals surface area contributed by atoms with Crippen LogP contribution in [0.15, 0.2) is 46.8 Å². The van der Waals surface area contributed by atoms with E-state index in [0.717, 1.165) is 43.7 Å². The average Bonchev–Trinajstić information content (AvgIpc) is 3.21. The second kappa shape index (κ2) is 7.83. The molecule has 2 heterocycles. The fraction of sp³-hybridized carbons (Fsp3) is 0.571. The van der Waals surface area contributed by atoms with Crippen molar-refractivity contribution in [1.29, 1.82) is 0 Å². The predicted molar refractivity (Wildman–Crippen MR) is 127 cm³/mol. The number of ether oxygens (including phenoxy) is 1. The minimum Gasteiger partial charge on any atom is -0.508 e. The maximum Gasteiger partial charge on any atom is 0.162 e. The summed E-state index contributed by atoms with van der Waals surface area (Å²) in [6.45, 7) is 10.0. The number of Topliss-reactive ketones (excluding diaryl/α,β-unsaturated/α-hetero) is 2. The van der Waals surface area contributed by atoms with E-state index in [4.69, 9.17) is 4.74 Å². The summed E-state index contributed by atoms with van der Waals surface area (Å²) in [4.78, 5) is 29.7. The number of aromatic hydroxyl groups is 1. The molecule has 2 aliphatic carbocycles. The van der Waals surface area contributed by atoms with Crippen LogP contribution in [0.1, 0.15) is 77.7 Å². The summed E-state index contributed by atoms with van der Waals surface area (Å²) in [5.74, 6) is -0.166. The summed E-state index contributed by atoms with van der Waals surface area (Å²) in [5, 5.41) is 10.8. The molecule has 5 heteroatoms. The van der Waals surface area contributed by atoms with Gasteiger partial charge < -0.3 is 14.7 Å². The molecule has 5 rings (SSSR count). The number of phenols is 1. The number of phenolic OH excluding ortho intramolecular Hbond substituents is 1. The van der Waals surface area contributed by atoms with Crippen LogP contribution in [0, 0.1) is 10.8 Å². The lowest BCUT2D eigenvalue weighted by Crippen LogP contribution is -2.46. The third-order valence-electron chi connectivity index (χ3n) is 7.68.